The van der Waals surface area contributed by atoms with E-state index in [0.717, 1.165) is 11.1 Å². The highest BCUT2D eigenvalue weighted by Crippen LogP contribution is 2.29. The lowest BCUT2D eigenvalue weighted by molar-refractivity contribution is -0.122. The van der Waals surface area contributed by atoms with Gasteiger partial charge in [0.15, 0.2) is 11.5 Å². The van der Waals surface area contributed by atoms with Gasteiger partial charge in [-0.2, -0.15) is 5.10 Å². The van der Waals surface area contributed by atoms with Crippen molar-refractivity contribution in [3.05, 3.63) is 57.6 Å². The number of carbonyl (C=O) groups is 1. The molecule has 3 rings (SSSR count). The zero-order chi connectivity index (χ0) is 20.1. The van der Waals surface area contributed by atoms with Crippen molar-refractivity contribution in [3.8, 4) is 11.5 Å². The van der Waals surface area contributed by atoms with Crippen molar-refractivity contribution in [1.82, 2.24) is 16.3 Å². The third-order valence-electron chi connectivity index (χ3n) is 4.36. The number of hydrazine groups is 1. The van der Waals surface area contributed by atoms with Crippen LogP contribution in [0.2, 0.25) is 10.0 Å². The molecule has 1 fully saturated rings. The molecule has 148 valence electrons. The molecule has 1 amide bonds. The molecule has 3 N–H and O–H groups in total. The fourth-order valence-corrected chi connectivity index (χ4v) is 3.16. The van der Waals surface area contributed by atoms with E-state index in [2.05, 4.69) is 21.4 Å². The Balaban J connectivity index is 1.57. The van der Waals surface area contributed by atoms with E-state index >= 15 is 0 Å². The van der Waals surface area contributed by atoms with E-state index in [0.29, 0.717) is 28.0 Å². The number of amides is 1. The van der Waals surface area contributed by atoms with E-state index in [1.54, 1.807) is 44.7 Å². The number of ether oxygens (including phenoxy) is 2. The minimum absolute atomic E-state index is 0.0552. The van der Waals surface area contributed by atoms with E-state index in [4.69, 9.17) is 32.7 Å². The molecule has 0 saturated carbocycles. The topological polar surface area (TPSA) is 84.0 Å². The fourth-order valence-electron chi connectivity index (χ4n) is 2.86. The summed E-state index contributed by atoms with van der Waals surface area (Å²) in [6, 6.07) is 10.3. The summed E-state index contributed by atoms with van der Waals surface area (Å²) in [5, 5.41) is 4.99. The smallest absolute Gasteiger partial charge is 0.258 e. The van der Waals surface area contributed by atoms with Gasteiger partial charge in [0.1, 0.15) is 6.04 Å². The third-order valence-corrected chi connectivity index (χ3v) is 5.10. The summed E-state index contributed by atoms with van der Waals surface area (Å²) in [4.78, 5) is 12.3. The number of hydrogen-bond donors (Lipinski definition) is 3. The van der Waals surface area contributed by atoms with Gasteiger partial charge in [0.2, 0.25) is 0 Å². The first-order valence-corrected chi connectivity index (χ1v) is 9.28. The number of hydrogen-bond acceptors (Lipinski definition) is 6. The van der Waals surface area contributed by atoms with Crippen molar-refractivity contribution in [1.29, 1.82) is 0 Å². The van der Waals surface area contributed by atoms with Gasteiger partial charge in [0.25, 0.3) is 5.91 Å². The predicted octanol–water partition coefficient (Wildman–Crippen LogP) is 3.07. The van der Waals surface area contributed by atoms with Crippen LogP contribution in [0, 0.1) is 0 Å². The van der Waals surface area contributed by atoms with Gasteiger partial charge in [-0.1, -0.05) is 29.3 Å². The molecular weight excluding hydrogens is 403 g/mol. The van der Waals surface area contributed by atoms with E-state index in [1.165, 1.54) is 0 Å². The number of carbonyl (C=O) groups excluding carboxylic acids is 1. The van der Waals surface area contributed by atoms with Gasteiger partial charge in [-0.3, -0.25) is 4.79 Å². The van der Waals surface area contributed by atoms with Crippen LogP contribution in [0.1, 0.15) is 23.6 Å². The van der Waals surface area contributed by atoms with E-state index in [1.807, 2.05) is 12.1 Å². The Morgan fingerprint density at radius 2 is 1.89 bits per heavy atom. The van der Waals surface area contributed by atoms with E-state index in [9.17, 15) is 4.79 Å². The Morgan fingerprint density at radius 3 is 2.61 bits per heavy atom. The first kappa shape index (κ1) is 20.4. The first-order chi connectivity index (χ1) is 13.5. The van der Waals surface area contributed by atoms with Crippen LogP contribution in [0.3, 0.4) is 0 Å². The molecule has 0 aliphatic carbocycles. The highest BCUT2D eigenvalue weighted by molar-refractivity contribution is 6.42. The van der Waals surface area contributed by atoms with Crippen LogP contribution < -0.4 is 25.8 Å². The van der Waals surface area contributed by atoms with Gasteiger partial charge >= 0.3 is 0 Å². The largest absolute Gasteiger partial charge is 0.493 e. The molecule has 28 heavy (non-hydrogen) atoms. The molecule has 7 nitrogen and oxygen atoms in total. The molecule has 2 atom stereocenters. The fraction of sp³-hybridized carbons (Fsp3) is 0.263. The summed E-state index contributed by atoms with van der Waals surface area (Å²) >= 11 is 12.0. The number of hydrazone groups is 1. The lowest BCUT2D eigenvalue weighted by Crippen LogP contribution is -2.41. The molecule has 1 heterocycles. The van der Waals surface area contributed by atoms with Crippen molar-refractivity contribution in [2.75, 3.05) is 14.2 Å². The molecule has 1 saturated heterocycles. The second-order valence-corrected chi connectivity index (χ2v) is 6.97. The number of rotatable bonds is 6. The van der Waals surface area contributed by atoms with E-state index < -0.39 is 6.04 Å². The first-order valence-electron chi connectivity index (χ1n) is 8.52. The Morgan fingerprint density at radius 1 is 1.11 bits per heavy atom. The van der Waals surface area contributed by atoms with Crippen LogP contribution in [0.25, 0.3) is 0 Å². The molecule has 2 aromatic rings. The van der Waals surface area contributed by atoms with Gasteiger partial charge in [0.05, 0.1) is 30.5 Å². The van der Waals surface area contributed by atoms with Crippen molar-refractivity contribution >= 4 is 35.3 Å². The van der Waals surface area contributed by atoms with Gasteiger partial charge in [-0.05, 0) is 47.9 Å². The average Bonchev–Trinajstić information content (AvgIpc) is 3.20. The SMILES string of the molecule is COc1ccc(/C=N/NC(=O)C2CC(c3ccc(Cl)c(Cl)c3)NN2)cc1OC. The lowest BCUT2D eigenvalue weighted by atomic mass is 10.0. The normalized spacial score (nSPS) is 19.0. The summed E-state index contributed by atoms with van der Waals surface area (Å²) in [6.45, 7) is 0. The van der Waals surface area contributed by atoms with Crippen LogP contribution in [0.15, 0.2) is 41.5 Å². The number of methoxy groups -OCH3 is 2. The maximum atomic E-state index is 12.3. The van der Waals surface area contributed by atoms with Crippen molar-refractivity contribution in [3.63, 3.8) is 0 Å². The predicted molar refractivity (Wildman–Crippen MR) is 109 cm³/mol. The molecule has 9 heteroatoms. The minimum Gasteiger partial charge on any atom is -0.493 e. The maximum absolute atomic E-state index is 12.3. The van der Waals surface area contributed by atoms with Gasteiger partial charge < -0.3 is 9.47 Å². The van der Waals surface area contributed by atoms with Gasteiger partial charge in [-0.15, -0.1) is 0 Å². The standard InChI is InChI=1S/C19H20Cl2N4O3/c1-27-17-6-3-11(7-18(17)28-2)10-22-25-19(26)16-9-15(23-24-16)12-4-5-13(20)14(21)8-12/h3-8,10,15-16,23-24H,9H2,1-2H3,(H,25,26)/b22-10+. The maximum Gasteiger partial charge on any atom is 0.258 e. The number of nitrogens with one attached hydrogen (secondary N) is 3. The molecular formula is C19H20Cl2N4O3. The Labute approximate surface area is 173 Å². The Kier molecular flexibility index (Phi) is 6.74. The number of nitrogens with zero attached hydrogens (tertiary/aromatic N) is 1. The molecule has 1 aliphatic heterocycles. The summed E-state index contributed by atoms with van der Waals surface area (Å²) in [7, 11) is 3.13. The number of halogens is 2. The molecule has 0 bridgehead atoms. The zero-order valence-corrected chi connectivity index (χ0v) is 16.8. The molecule has 0 spiro atoms. The zero-order valence-electron chi connectivity index (χ0n) is 15.3. The lowest BCUT2D eigenvalue weighted by Gasteiger charge is -2.10. The molecule has 2 unspecified atom stereocenters. The molecule has 1 aliphatic rings. The monoisotopic (exact) mass is 422 g/mol. The molecule has 0 radical (unpaired) electrons. The van der Waals surface area contributed by atoms with Crippen molar-refractivity contribution in [2.45, 2.75) is 18.5 Å². The molecule has 0 aromatic heterocycles. The van der Waals surface area contributed by atoms with Crippen molar-refractivity contribution < 1.29 is 14.3 Å². The van der Waals surface area contributed by atoms with Gasteiger partial charge in [0, 0.05) is 6.04 Å². The molecule has 2 aromatic carbocycles. The average molecular weight is 423 g/mol. The second-order valence-electron chi connectivity index (χ2n) is 6.15. The quantitative estimate of drug-likeness (QED) is 0.492. The summed E-state index contributed by atoms with van der Waals surface area (Å²) in [5.41, 5.74) is 10.3. The van der Waals surface area contributed by atoms with Crippen LogP contribution in [-0.2, 0) is 4.79 Å². The highest BCUT2D eigenvalue weighted by Gasteiger charge is 2.30. The van der Waals surface area contributed by atoms with Crippen LogP contribution in [0.5, 0.6) is 11.5 Å². The summed E-state index contributed by atoms with van der Waals surface area (Å²) in [5.74, 6) is 0.967. The summed E-state index contributed by atoms with van der Waals surface area (Å²) in [6.07, 6.45) is 2.09. The Hall–Kier alpha value is -2.32. The second kappa shape index (κ2) is 9.25. The van der Waals surface area contributed by atoms with Crippen molar-refractivity contribution in [2.24, 2.45) is 5.10 Å². The number of benzene rings is 2. The van der Waals surface area contributed by atoms with Gasteiger partial charge in [-0.25, -0.2) is 16.3 Å². The van der Waals surface area contributed by atoms with Crippen LogP contribution in [0.4, 0.5) is 0 Å². The third kappa shape index (κ3) is 4.74. The Bertz CT molecular complexity index is 891. The highest BCUT2D eigenvalue weighted by atomic mass is 35.5. The minimum atomic E-state index is -0.429. The van der Waals surface area contributed by atoms with Crippen LogP contribution >= 0.6 is 23.2 Å². The van der Waals surface area contributed by atoms with Crippen LogP contribution in [-0.4, -0.2) is 32.4 Å². The van der Waals surface area contributed by atoms with E-state index in [-0.39, 0.29) is 11.9 Å². The summed E-state index contributed by atoms with van der Waals surface area (Å²) < 4.78 is 10.4.